The van der Waals surface area contributed by atoms with Gasteiger partial charge >= 0.3 is 106 Å². The van der Waals surface area contributed by atoms with E-state index < -0.39 is 0 Å². The molecule has 1 atom stereocenters. The van der Waals surface area contributed by atoms with Crippen molar-refractivity contribution in [2.24, 2.45) is 16.5 Å². The summed E-state index contributed by atoms with van der Waals surface area (Å²) < 4.78 is 3.15. The first kappa shape index (κ1) is 14.4. The Balaban J connectivity index is 3.54. The first-order chi connectivity index (χ1) is 6.54. The van der Waals surface area contributed by atoms with Crippen LogP contribution < -0.4 is 32.7 Å². The third-order valence-corrected chi connectivity index (χ3v) is 8.60. The van der Waals surface area contributed by atoms with E-state index in [1.807, 2.05) is 0 Å². The van der Waals surface area contributed by atoms with Crippen LogP contribution in [-0.2, 0) is 4.79 Å². The summed E-state index contributed by atoms with van der Waals surface area (Å²) in [6, 6.07) is 0. The molecule has 0 aromatic carbocycles. The molecule has 84 valence electrons. The maximum absolute atomic E-state index is 10.8. The number of carbonyl (C=O) groups excluding carboxylic acids is 1. The van der Waals surface area contributed by atoms with Crippen LogP contribution in [0.5, 0.6) is 0 Å². The standard InChI is InChI=1S/C8H16I2N3O/c1-6(14)8(12)10-5-9-3-4-13-7(2)11/h5,8H,3-4,12H2,1-2H3,(H2,11,13)/q-1/t8-/m0/s1. The summed E-state index contributed by atoms with van der Waals surface area (Å²) in [5, 5.41) is 0. The fraction of sp³-hybridized carbons (Fsp3) is 0.625. The number of halogens is 2. The van der Waals surface area contributed by atoms with E-state index in [4.69, 9.17) is 11.5 Å². The Bertz CT molecular complexity index is 237. The van der Waals surface area contributed by atoms with Gasteiger partial charge in [0.25, 0.3) is 0 Å². The van der Waals surface area contributed by atoms with Crippen LogP contribution in [0.1, 0.15) is 13.8 Å². The second kappa shape index (κ2) is 8.72. The quantitative estimate of drug-likeness (QED) is 0.120. The molecule has 4 N–H and O–H groups in total. The van der Waals surface area contributed by atoms with E-state index in [2.05, 4.69) is 7.01 Å². The second-order valence-electron chi connectivity index (χ2n) is 2.59. The molecule has 0 saturated heterocycles. The van der Waals surface area contributed by atoms with Crippen molar-refractivity contribution in [3.05, 3.63) is 0 Å². The van der Waals surface area contributed by atoms with Crippen molar-refractivity contribution in [1.29, 1.82) is 0 Å². The van der Waals surface area contributed by atoms with Gasteiger partial charge in [-0.15, -0.1) is 0 Å². The molecular formula is C8H16I2N3O-. The molecule has 0 aliphatic carbocycles. The van der Waals surface area contributed by atoms with Gasteiger partial charge in [0.2, 0.25) is 0 Å². The van der Waals surface area contributed by atoms with E-state index in [1.165, 1.54) is 0 Å². The number of hydrogen-bond donors (Lipinski definition) is 2. The molecule has 0 aromatic heterocycles. The molecule has 4 nitrogen and oxygen atoms in total. The Labute approximate surface area is 105 Å². The number of amidine groups is 1. The van der Waals surface area contributed by atoms with Crippen LogP contribution in [0.2, 0.25) is 0 Å². The summed E-state index contributed by atoms with van der Waals surface area (Å²) in [4.78, 5) is 14.9. The summed E-state index contributed by atoms with van der Waals surface area (Å²) in [6.07, 6.45) is 0. The Morgan fingerprint density at radius 3 is 2.79 bits per heavy atom. The fourth-order valence-corrected chi connectivity index (χ4v) is 7.06. The molecule has 0 spiro atoms. The fourth-order valence-electron chi connectivity index (χ4n) is 0.482. The zero-order valence-corrected chi connectivity index (χ0v) is 12.7. The zero-order valence-electron chi connectivity index (χ0n) is 8.34. The van der Waals surface area contributed by atoms with E-state index in [0.717, 1.165) is 11.0 Å². The monoisotopic (exact) mass is 424 g/mol. The molecule has 0 aliphatic rings. The number of carbonyl (C=O) groups is 1. The third-order valence-electron chi connectivity index (χ3n) is 1.18. The van der Waals surface area contributed by atoms with Gasteiger partial charge in [0, 0.05) is 0 Å². The molecule has 0 heterocycles. The summed E-state index contributed by atoms with van der Waals surface area (Å²) in [5.41, 5.74) is 11.0. The number of aliphatic imine (C=N–C) groups is 1. The van der Waals surface area contributed by atoms with Gasteiger partial charge in [-0.2, -0.15) is 0 Å². The van der Waals surface area contributed by atoms with Gasteiger partial charge in [0.1, 0.15) is 0 Å². The first-order valence-electron chi connectivity index (χ1n) is 4.08. The van der Waals surface area contributed by atoms with E-state index in [1.54, 1.807) is 13.8 Å². The van der Waals surface area contributed by atoms with E-state index >= 15 is 0 Å². The van der Waals surface area contributed by atoms with Crippen molar-refractivity contribution in [2.75, 3.05) is 11.0 Å². The molecule has 0 bridgehead atoms. The molecule has 0 aromatic rings. The zero-order chi connectivity index (χ0) is 11.0. The Morgan fingerprint density at radius 1 is 1.64 bits per heavy atom. The Kier molecular flexibility index (Phi) is 8.98. The molecule has 0 amide bonds. The first-order valence-corrected chi connectivity index (χ1v) is 9.34. The predicted octanol–water partition coefficient (Wildman–Crippen LogP) is -2.94. The number of rotatable bonds is 6. The van der Waals surface area contributed by atoms with Gasteiger partial charge in [-0.25, -0.2) is 0 Å². The van der Waals surface area contributed by atoms with Crippen molar-refractivity contribution in [1.82, 2.24) is 0 Å². The topological polar surface area (TPSA) is 81.5 Å². The SMILES string of the molecule is CC(=O)[C@H](N)I=C[I-]CCN=C(C)N. The van der Waals surface area contributed by atoms with Crippen molar-refractivity contribution >= 4 is 34.4 Å². The van der Waals surface area contributed by atoms with Gasteiger partial charge in [-0.3, -0.25) is 0 Å². The average Bonchev–Trinajstić information content (AvgIpc) is 2.09. The summed E-state index contributed by atoms with van der Waals surface area (Å²) in [5.74, 6) is 0.748. The molecule has 6 heteroatoms. The second-order valence-corrected chi connectivity index (χ2v) is 10.2. The van der Waals surface area contributed by atoms with Crippen LogP contribution in [0.15, 0.2) is 4.99 Å². The molecular weight excluding hydrogens is 408 g/mol. The summed E-state index contributed by atoms with van der Waals surface area (Å²) in [7, 11) is 0. The van der Waals surface area contributed by atoms with Gasteiger partial charge in [-0.1, -0.05) is 0 Å². The number of nitrogens with two attached hydrogens (primary N) is 2. The van der Waals surface area contributed by atoms with E-state index in [-0.39, 0.29) is 51.8 Å². The minimum atomic E-state index is -0.239. The van der Waals surface area contributed by atoms with E-state index in [9.17, 15) is 4.79 Å². The van der Waals surface area contributed by atoms with Gasteiger partial charge in [0.05, 0.1) is 0 Å². The summed E-state index contributed by atoms with van der Waals surface area (Å²) in [6.45, 7) is 4.16. The van der Waals surface area contributed by atoms with Crippen molar-refractivity contribution < 1.29 is 26.0 Å². The Morgan fingerprint density at radius 2 is 2.29 bits per heavy atom. The minimum absolute atomic E-state index is 0.0628. The van der Waals surface area contributed by atoms with Crippen LogP contribution in [0.4, 0.5) is 0 Å². The Hall–Kier alpha value is 0.430. The van der Waals surface area contributed by atoms with Crippen LogP contribution in [0, 0.1) is 0 Å². The molecule has 0 unspecified atom stereocenters. The van der Waals surface area contributed by atoms with Crippen LogP contribution in [-0.4, -0.2) is 28.7 Å². The normalized spacial score (nSPS) is 15.5. The number of hydrogen-bond acceptors (Lipinski definition) is 3. The maximum atomic E-state index is 10.8. The van der Waals surface area contributed by atoms with Crippen molar-refractivity contribution in [2.45, 2.75) is 17.9 Å². The van der Waals surface area contributed by atoms with Crippen LogP contribution in [0.25, 0.3) is 0 Å². The summed E-state index contributed by atoms with van der Waals surface area (Å²) >= 11 is -0.177. The van der Waals surface area contributed by atoms with Crippen molar-refractivity contribution in [3.63, 3.8) is 0 Å². The number of alkyl halides is 2. The number of ketones is 1. The molecule has 14 heavy (non-hydrogen) atoms. The van der Waals surface area contributed by atoms with Crippen LogP contribution >= 0.6 is 20.7 Å². The predicted molar refractivity (Wildman–Crippen MR) is 65.8 cm³/mol. The van der Waals surface area contributed by atoms with Gasteiger partial charge in [0.15, 0.2) is 0 Å². The molecule has 0 saturated carbocycles. The van der Waals surface area contributed by atoms with Crippen LogP contribution in [0.3, 0.4) is 0 Å². The number of nitrogens with zero attached hydrogens (tertiary/aromatic N) is 1. The molecule has 0 rings (SSSR count). The van der Waals surface area contributed by atoms with Crippen molar-refractivity contribution in [3.8, 4) is 0 Å². The van der Waals surface area contributed by atoms with Gasteiger partial charge < -0.3 is 0 Å². The third kappa shape index (κ3) is 9.00. The molecule has 0 fully saturated rings. The van der Waals surface area contributed by atoms with E-state index in [0.29, 0.717) is 5.84 Å². The molecule has 0 radical (unpaired) electrons. The number of Topliss-reactive ketones (excluding diaryl/α,β-unsaturated/α-hetero) is 1. The van der Waals surface area contributed by atoms with Gasteiger partial charge in [-0.05, 0) is 0 Å². The molecule has 0 aliphatic heterocycles. The average molecular weight is 424 g/mol.